The molecular formula is C14H15N7O2S. The van der Waals surface area contributed by atoms with Crippen molar-refractivity contribution in [3.8, 4) is 5.88 Å². The molecule has 0 atom stereocenters. The third-order valence-electron chi connectivity index (χ3n) is 3.84. The lowest BCUT2D eigenvalue weighted by Crippen LogP contribution is -2.47. The van der Waals surface area contributed by atoms with Gasteiger partial charge in [-0.05, 0) is 0 Å². The van der Waals surface area contributed by atoms with Crippen LogP contribution in [0, 0.1) is 0 Å². The molecule has 124 valence electrons. The summed E-state index contributed by atoms with van der Waals surface area (Å²) in [5, 5.41) is 5.19. The van der Waals surface area contributed by atoms with E-state index in [1.54, 1.807) is 19.5 Å². The molecule has 0 radical (unpaired) electrons. The molecule has 0 saturated carbocycles. The number of hydrogen-bond donors (Lipinski definition) is 0. The van der Waals surface area contributed by atoms with Crippen molar-refractivity contribution in [2.45, 2.75) is 0 Å². The van der Waals surface area contributed by atoms with Crippen molar-refractivity contribution in [3.05, 3.63) is 35.0 Å². The highest BCUT2D eigenvalue weighted by Crippen LogP contribution is 2.23. The van der Waals surface area contributed by atoms with Crippen LogP contribution in [-0.2, 0) is 0 Å². The van der Waals surface area contributed by atoms with Gasteiger partial charge in [0.1, 0.15) is 0 Å². The van der Waals surface area contributed by atoms with Gasteiger partial charge < -0.3 is 14.5 Å². The summed E-state index contributed by atoms with van der Waals surface area (Å²) in [4.78, 5) is 29.5. The van der Waals surface area contributed by atoms with Gasteiger partial charge in [-0.15, -0.1) is 5.10 Å². The Morgan fingerprint density at radius 1 is 1.17 bits per heavy atom. The predicted octanol–water partition coefficient (Wildman–Crippen LogP) is 0.276. The molecule has 0 aromatic carbocycles. The molecule has 0 aliphatic carbocycles. The van der Waals surface area contributed by atoms with E-state index in [9.17, 15) is 4.79 Å². The SMILES string of the molecule is COc1cncc(N2CCN(c3nn4c(=O)ccnc4s3)CC2)n1. The maximum Gasteiger partial charge on any atom is 0.275 e. The first kappa shape index (κ1) is 14.8. The van der Waals surface area contributed by atoms with Crippen LogP contribution < -0.4 is 20.1 Å². The second-order valence-electron chi connectivity index (χ2n) is 5.26. The summed E-state index contributed by atoms with van der Waals surface area (Å²) in [6, 6.07) is 1.41. The maximum atomic E-state index is 11.8. The molecule has 0 bridgehead atoms. The average molecular weight is 345 g/mol. The van der Waals surface area contributed by atoms with Crippen molar-refractivity contribution in [2.24, 2.45) is 0 Å². The molecule has 24 heavy (non-hydrogen) atoms. The number of piperazine rings is 1. The minimum Gasteiger partial charge on any atom is -0.480 e. The maximum absolute atomic E-state index is 11.8. The van der Waals surface area contributed by atoms with Gasteiger partial charge in [0.05, 0.1) is 19.5 Å². The zero-order valence-corrected chi connectivity index (χ0v) is 13.8. The van der Waals surface area contributed by atoms with Crippen LogP contribution >= 0.6 is 11.3 Å². The standard InChI is InChI=1S/C14H15N7O2S/c1-23-11-9-15-8-10(17-11)19-4-6-20(7-5-19)14-18-21-12(22)2-3-16-13(21)24-14/h2-3,8-9H,4-7H2,1H3. The highest BCUT2D eigenvalue weighted by molar-refractivity contribution is 7.20. The van der Waals surface area contributed by atoms with E-state index in [-0.39, 0.29) is 5.56 Å². The van der Waals surface area contributed by atoms with E-state index in [4.69, 9.17) is 4.74 Å². The van der Waals surface area contributed by atoms with E-state index in [0.29, 0.717) is 10.8 Å². The van der Waals surface area contributed by atoms with E-state index in [1.165, 1.54) is 28.1 Å². The molecule has 0 unspecified atom stereocenters. The van der Waals surface area contributed by atoms with E-state index in [2.05, 4.69) is 29.9 Å². The summed E-state index contributed by atoms with van der Waals surface area (Å²) >= 11 is 1.42. The van der Waals surface area contributed by atoms with Crippen LogP contribution in [0.2, 0.25) is 0 Å². The predicted molar refractivity (Wildman–Crippen MR) is 90.1 cm³/mol. The lowest BCUT2D eigenvalue weighted by Gasteiger charge is -2.34. The Balaban J connectivity index is 1.50. The van der Waals surface area contributed by atoms with Crippen molar-refractivity contribution in [1.29, 1.82) is 0 Å². The van der Waals surface area contributed by atoms with Gasteiger partial charge in [0.15, 0.2) is 5.82 Å². The molecule has 0 amide bonds. The molecule has 4 heterocycles. The Kier molecular flexibility index (Phi) is 3.73. The molecule has 1 fully saturated rings. The molecular weight excluding hydrogens is 330 g/mol. The summed E-state index contributed by atoms with van der Waals surface area (Å²) in [6.07, 6.45) is 4.84. The van der Waals surface area contributed by atoms with Gasteiger partial charge in [0, 0.05) is 38.4 Å². The summed E-state index contributed by atoms with van der Waals surface area (Å²) in [7, 11) is 1.58. The second kappa shape index (κ2) is 6.04. The molecule has 1 aliphatic heterocycles. The van der Waals surface area contributed by atoms with Crippen LogP contribution in [0.1, 0.15) is 0 Å². The van der Waals surface area contributed by atoms with E-state index in [0.717, 1.165) is 37.1 Å². The Labute approximate surface area is 141 Å². The summed E-state index contributed by atoms with van der Waals surface area (Å²) in [6.45, 7) is 3.15. The third-order valence-corrected chi connectivity index (χ3v) is 4.83. The van der Waals surface area contributed by atoms with Crippen LogP contribution in [-0.4, -0.2) is 57.9 Å². The van der Waals surface area contributed by atoms with Crippen molar-refractivity contribution in [3.63, 3.8) is 0 Å². The first-order valence-corrected chi connectivity index (χ1v) is 8.27. The summed E-state index contributed by atoms with van der Waals surface area (Å²) in [5.41, 5.74) is -0.159. The van der Waals surface area contributed by atoms with Crippen LogP contribution in [0.15, 0.2) is 29.5 Å². The molecule has 1 saturated heterocycles. The van der Waals surface area contributed by atoms with Crippen LogP contribution in [0.5, 0.6) is 5.88 Å². The Morgan fingerprint density at radius 2 is 1.96 bits per heavy atom. The topological polar surface area (TPSA) is 88.8 Å². The lowest BCUT2D eigenvalue weighted by molar-refractivity contribution is 0.395. The van der Waals surface area contributed by atoms with Gasteiger partial charge in [-0.1, -0.05) is 11.3 Å². The highest BCUT2D eigenvalue weighted by Gasteiger charge is 2.21. The number of methoxy groups -OCH3 is 1. The number of nitrogens with zero attached hydrogens (tertiary/aromatic N) is 7. The highest BCUT2D eigenvalue weighted by atomic mass is 32.1. The number of ether oxygens (including phenoxy) is 1. The molecule has 0 spiro atoms. The van der Waals surface area contributed by atoms with Gasteiger partial charge >= 0.3 is 0 Å². The molecule has 10 heteroatoms. The molecule has 9 nitrogen and oxygen atoms in total. The molecule has 1 aliphatic rings. The number of rotatable bonds is 3. The minimum atomic E-state index is -0.159. The first-order chi connectivity index (χ1) is 11.7. The number of fused-ring (bicyclic) bond motifs is 1. The van der Waals surface area contributed by atoms with Gasteiger partial charge in [-0.2, -0.15) is 9.50 Å². The minimum absolute atomic E-state index is 0.159. The van der Waals surface area contributed by atoms with Crippen molar-refractivity contribution in [2.75, 3.05) is 43.1 Å². The monoisotopic (exact) mass is 345 g/mol. The van der Waals surface area contributed by atoms with Crippen LogP contribution in [0.4, 0.5) is 10.9 Å². The van der Waals surface area contributed by atoms with Crippen molar-refractivity contribution < 1.29 is 4.74 Å². The zero-order valence-electron chi connectivity index (χ0n) is 13.0. The Morgan fingerprint density at radius 3 is 2.71 bits per heavy atom. The summed E-state index contributed by atoms with van der Waals surface area (Å²) < 4.78 is 6.47. The van der Waals surface area contributed by atoms with E-state index in [1.807, 2.05) is 0 Å². The van der Waals surface area contributed by atoms with Gasteiger partial charge in [0.2, 0.25) is 16.0 Å². The number of aromatic nitrogens is 5. The lowest BCUT2D eigenvalue weighted by atomic mass is 10.3. The molecule has 3 aromatic heterocycles. The fourth-order valence-corrected chi connectivity index (χ4v) is 3.51. The Bertz CT molecular complexity index is 917. The van der Waals surface area contributed by atoms with Crippen LogP contribution in [0.3, 0.4) is 0 Å². The molecule has 0 N–H and O–H groups in total. The molecule has 4 rings (SSSR count). The van der Waals surface area contributed by atoms with Gasteiger partial charge in [-0.3, -0.25) is 9.78 Å². The second-order valence-corrected chi connectivity index (χ2v) is 6.19. The fraction of sp³-hybridized carbons (Fsp3) is 0.357. The zero-order chi connectivity index (χ0) is 16.5. The number of anilines is 2. The van der Waals surface area contributed by atoms with E-state index < -0.39 is 0 Å². The van der Waals surface area contributed by atoms with Gasteiger partial charge in [-0.25, -0.2) is 4.98 Å². The van der Waals surface area contributed by atoms with Crippen molar-refractivity contribution in [1.82, 2.24) is 24.6 Å². The normalized spacial score (nSPS) is 15.0. The quantitative estimate of drug-likeness (QED) is 0.669. The smallest absolute Gasteiger partial charge is 0.275 e. The fourth-order valence-electron chi connectivity index (χ4n) is 2.58. The number of hydrogen-bond acceptors (Lipinski definition) is 9. The van der Waals surface area contributed by atoms with Gasteiger partial charge in [0.25, 0.3) is 5.56 Å². The van der Waals surface area contributed by atoms with Crippen LogP contribution in [0.25, 0.3) is 4.96 Å². The Hall–Kier alpha value is -2.75. The largest absolute Gasteiger partial charge is 0.480 e. The first-order valence-electron chi connectivity index (χ1n) is 7.45. The van der Waals surface area contributed by atoms with E-state index >= 15 is 0 Å². The average Bonchev–Trinajstić information content (AvgIpc) is 3.08. The molecule has 3 aromatic rings. The third kappa shape index (κ3) is 2.64. The van der Waals surface area contributed by atoms with Crippen molar-refractivity contribution >= 4 is 27.2 Å². The summed E-state index contributed by atoms with van der Waals surface area (Å²) in [5.74, 6) is 1.31.